The molecule has 2 aliphatic heterocycles. The van der Waals surface area contributed by atoms with Crippen molar-refractivity contribution in [2.45, 2.75) is 39.0 Å². The van der Waals surface area contributed by atoms with Crippen LogP contribution in [-0.2, 0) is 9.57 Å². The average Bonchev–Trinajstić information content (AvgIpc) is 2.72. The predicted octanol–water partition coefficient (Wildman–Crippen LogP) is 0.654. The largest absolute Gasteiger partial charge is 0.395 e. The first-order valence-corrected chi connectivity index (χ1v) is 5.79. The number of ether oxygens (including phenoxy) is 1. The van der Waals surface area contributed by atoms with Gasteiger partial charge >= 0.3 is 0 Å². The predicted molar refractivity (Wildman–Crippen MR) is 56.2 cm³/mol. The van der Waals surface area contributed by atoms with Crippen LogP contribution in [-0.4, -0.2) is 48.2 Å². The average molecular weight is 215 g/mol. The van der Waals surface area contributed by atoms with Gasteiger partial charge in [-0.05, 0) is 12.8 Å². The molecule has 0 spiro atoms. The zero-order valence-corrected chi connectivity index (χ0v) is 9.72. The SMILES string of the molecule is CC(C)[C@@H](CO)N1OC[C@@H]2CO[C@@H](C)[C@@H]21. The Balaban J connectivity index is 2.09. The maximum Gasteiger partial charge on any atom is 0.0752 e. The van der Waals surface area contributed by atoms with E-state index in [1.165, 1.54) is 0 Å². The Hall–Kier alpha value is -0.160. The van der Waals surface area contributed by atoms with Crippen LogP contribution in [0.2, 0.25) is 0 Å². The molecule has 0 radical (unpaired) electrons. The summed E-state index contributed by atoms with van der Waals surface area (Å²) in [6.45, 7) is 7.97. The maximum atomic E-state index is 9.40. The van der Waals surface area contributed by atoms with Crippen LogP contribution in [0.3, 0.4) is 0 Å². The highest BCUT2D eigenvalue weighted by Crippen LogP contribution is 2.34. The van der Waals surface area contributed by atoms with Crippen molar-refractivity contribution in [2.75, 3.05) is 19.8 Å². The molecule has 4 atom stereocenters. The third-order valence-electron chi connectivity index (χ3n) is 3.55. The van der Waals surface area contributed by atoms with E-state index in [0.29, 0.717) is 17.9 Å². The Morgan fingerprint density at radius 1 is 1.40 bits per heavy atom. The summed E-state index contributed by atoms with van der Waals surface area (Å²) in [6.07, 6.45) is 0.213. The van der Waals surface area contributed by atoms with E-state index in [1.54, 1.807) is 0 Å². The van der Waals surface area contributed by atoms with Crippen LogP contribution in [0.15, 0.2) is 0 Å². The van der Waals surface area contributed by atoms with Gasteiger partial charge in [0, 0.05) is 5.92 Å². The van der Waals surface area contributed by atoms with Gasteiger partial charge in [-0.3, -0.25) is 4.84 Å². The van der Waals surface area contributed by atoms with Crippen LogP contribution in [0.1, 0.15) is 20.8 Å². The summed E-state index contributed by atoms with van der Waals surface area (Å²) in [7, 11) is 0. The minimum atomic E-state index is 0.0872. The number of rotatable bonds is 3. The second kappa shape index (κ2) is 4.37. The van der Waals surface area contributed by atoms with Crippen molar-refractivity contribution >= 4 is 0 Å². The van der Waals surface area contributed by atoms with Gasteiger partial charge in [0.1, 0.15) is 0 Å². The molecule has 4 nitrogen and oxygen atoms in total. The number of hydrogen-bond acceptors (Lipinski definition) is 4. The zero-order chi connectivity index (χ0) is 11.0. The minimum Gasteiger partial charge on any atom is -0.395 e. The molecule has 1 N–H and O–H groups in total. The van der Waals surface area contributed by atoms with Gasteiger partial charge in [0.05, 0.1) is 38.0 Å². The number of nitrogens with zero attached hydrogens (tertiary/aromatic N) is 1. The maximum absolute atomic E-state index is 9.40. The first-order chi connectivity index (χ1) is 7.15. The van der Waals surface area contributed by atoms with Crippen LogP contribution in [0.5, 0.6) is 0 Å². The van der Waals surface area contributed by atoms with Crippen molar-refractivity contribution in [3.05, 3.63) is 0 Å². The normalized spacial score (nSPS) is 38.6. The molecule has 0 aromatic heterocycles. The molecule has 0 aliphatic carbocycles. The van der Waals surface area contributed by atoms with Crippen LogP contribution in [0, 0.1) is 11.8 Å². The monoisotopic (exact) mass is 215 g/mol. The molecule has 2 aliphatic rings. The summed E-state index contributed by atoms with van der Waals surface area (Å²) in [4.78, 5) is 5.70. The van der Waals surface area contributed by atoms with Crippen molar-refractivity contribution in [1.29, 1.82) is 0 Å². The van der Waals surface area contributed by atoms with Gasteiger partial charge in [-0.1, -0.05) is 13.8 Å². The van der Waals surface area contributed by atoms with Gasteiger partial charge < -0.3 is 9.84 Å². The van der Waals surface area contributed by atoms with E-state index in [0.717, 1.165) is 13.2 Å². The molecule has 0 aromatic carbocycles. The number of hydrogen-bond donors (Lipinski definition) is 1. The summed E-state index contributed by atoms with van der Waals surface area (Å²) < 4.78 is 5.62. The number of aliphatic hydroxyl groups is 1. The standard InChI is InChI=1S/C11H21NO3/c1-7(2)10(4-13)12-11-8(3)14-5-9(11)6-15-12/h7-11,13H,4-6H2,1-3H3/t8-,9-,10+,11-/m0/s1. The molecular formula is C11H21NO3. The summed E-state index contributed by atoms with van der Waals surface area (Å²) in [6, 6.07) is 0.411. The van der Waals surface area contributed by atoms with Gasteiger partial charge in [-0.25, -0.2) is 0 Å². The minimum absolute atomic E-state index is 0.0872. The zero-order valence-electron chi connectivity index (χ0n) is 9.72. The van der Waals surface area contributed by atoms with Gasteiger partial charge in [0.2, 0.25) is 0 Å². The van der Waals surface area contributed by atoms with Crippen LogP contribution < -0.4 is 0 Å². The van der Waals surface area contributed by atoms with E-state index in [9.17, 15) is 5.11 Å². The molecule has 0 saturated carbocycles. The van der Waals surface area contributed by atoms with E-state index in [2.05, 4.69) is 20.8 Å². The van der Waals surface area contributed by atoms with Crippen LogP contribution in [0.4, 0.5) is 0 Å². The fourth-order valence-electron chi connectivity index (χ4n) is 2.59. The number of fused-ring (bicyclic) bond motifs is 1. The van der Waals surface area contributed by atoms with E-state index in [1.807, 2.05) is 5.06 Å². The summed E-state index contributed by atoms with van der Waals surface area (Å²) in [5.41, 5.74) is 0. The third kappa shape index (κ3) is 1.91. The second-order valence-corrected chi connectivity index (χ2v) is 4.94. The first-order valence-electron chi connectivity index (χ1n) is 5.79. The molecule has 15 heavy (non-hydrogen) atoms. The topological polar surface area (TPSA) is 41.9 Å². The van der Waals surface area contributed by atoms with Crippen molar-refractivity contribution in [2.24, 2.45) is 11.8 Å². The van der Waals surface area contributed by atoms with Gasteiger partial charge in [0.15, 0.2) is 0 Å². The Morgan fingerprint density at radius 2 is 2.13 bits per heavy atom. The van der Waals surface area contributed by atoms with Gasteiger partial charge in [-0.15, -0.1) is 0 Å². The van der Waals surface area contributed by atoms with E-state index < -0.39 is 0 Å². The lowest BCUT2D eigenvalue weighted by atomic mass is 9.97. The molecule has 0 aromatic rings. The molecule has 0 bridgehead atoms. The van der Waals surface area contributed by atoms with Gasteiger partial charge in [-0.2, -0.15) is 5.06 Å². The van der Waals surface area contributed by atoms with Crippen molar-refractivity contribution in [3.63, 3.8) is 0 Å². The molecule has 2 heterocycles. The summed E-state index contributed by atoms with van der Waals surface area (Å²) in [5, 5.41) is 11.4. The molecule has 88 valence electrons. The third-order valence-corrected chi connectivity index (χ3v) is 3.55. The van der Waals surface area contributed by atoms with Crippen molar-refractivity contribution in [1.82, 2.24) is 5.06 Å². The Bertz CT molecular complexity index is 222. The van der Waals surface area contributed by atoms with E-state index in [4.69, 9.17) is 9.57 Å². The van der Waals surface area contributed by atoms with E-state index >= 15 is 0 Å². The first kappa shape index (κ1) is 11.3. The fourth-order valence-corrected chi connectivity index (χ4v) is 2.59. The van der Waals surface area contributed by atoms with Gasteiger partial charge in [0.25, 0.3) is 0 Å². The molecule has 0 unspecified atom stereocenters. The van der Waals surface area contributed by atoms with E-state index in [-0.39, 0.29) is 18.8 Å². The highest BCUT2D eigenvalue weighted by atomic mass is 16.7. The molecular weight excluding hydrogens is 194 g/mol. The van der Waals surface area contributed by atoms with Crippen molar-refractivity contribution < 1.29 is 14.7 Å². The lowest BCUT2D eigenvalue weighted by molar-refractivity contribution is -0.195. The lowest BCUT2D eigenvalue weighted by Gasteiger charge is -2.33. The number of hydroxylamine groups is 2. The molecule has 2 rings (SSSR count). The van der Waals surface area contributed by atoms with Crippen molar-refractivity contribution in [3.8, 4) is 0 Å². The Morgan fingerprint density at radius 3 is 2.73 bits per heavy atom. The highest BCUT2D eigenvalue weighted by molar-refractivity contribution is 4.93. The fraction of sp³-hybridized carbons (Fsp3) is 1.00. The molecule has 4 heteroatoms. The Kier molecular flexibility index (Phi) is 3.30. The Labute approximate surface area is 91.1 Å². The quantitative estimate of drug-likeness (QED) is 0.750. The summed E-state index contributed by atoms with van der Waals surface area (Å²) >= 11 is 0. The second-order valence-electron chi connectivity index (χ2n) is 4.94. The summed E-state index contributed by atoms with van der Waals surface area (Å²) in [5.74, 6) is 0.870. The molecule has 2 fully saturated rings. The molecule has 2 saturated heterocycles. The van der Waals surface area contributed by atoms with Crippen LogP contribution >= 0.6 is 0 Å². The number of aliphatic hydroxyl groups excluding tert-OH is 1. The molecule has 0 amide bonds. The smallest absolute Gasteiger partial charge is 0.0752 e. The lowest BCUT2D eigenvalue weighted by Crippen LogP contribution is -2.47. The van der Waals surface area contributed by atoms with Crippen LogP contribution in [0.25, 0.3) is 0 Å². The highest BCUT2D eigenvalue weighted by Gasteiger charge is 2.47.